The summed E-state index contributed by atoms with van der Waals surface area (Å²) in [6, 6.07) is 4.48. The summed E-state index contributed by atoms with van der Waals surface area (Å²) in [5.41, 5.74) is 2.26. The Morgan fingerprint density at radius 1 is 1.35 bits per heavy atom. The van der Waals surface area contributed by atoms with E-state index in [1.807, 2.05) is 20.8 Å². The topological polar surface area (TPSA) is 66.7 Å². The summed E-state index contributed by atoms with van der Waals surface area (Å²) in [7, 11) is -4.14. The first-order valence-corrected chi connectivity index (χ1v) is 6.35. The van der Waals surface area contributed by atoms with Gasteiger partial charge in [0.05, 0.1) is 10.6 Å². The second kappa shape index (κ2) is 4.84. The zero-order valence-corrected chi connectivity index (χ0v) is 14.3. The van der Waals surface area contributed by atoms with E-state index in [4.69, 9.17) is 4.55 Å². The Balaban J connectivity index is 0.00000144. The van der Waals surface area contributed by atoms with Crippen LogP contribution < -0.4 is 51.4 Å². The van der Waals surface area contributed by atoms with Crippen LogP contribution in [0.3, 0.4) is 0 Å². The minimum absolute atomic E-state index is 0. The molecule has 1 heterocycles. The van der Waals surface area contributed by atoms with E-state index in [0.29, 0.717) is 0 Å². The molecule has 0 atom stereocenters. The first kappa shape index (κ1) is 15.5. The van der Waals surface area contributed by atoms with Gasteiger partial charge in [-0.25, -0.2) is 0 Å². The van der Waals surface area contributed by atoms with Gasteiger partial charge in [0, 0.05) is 11.1 Å². The fraction of sp³-hybridized carbons (Fsp3) is 0.364. The molecule has 4 nitrogen and oxygen atoms in total. The molecule has 0 fully saturated rings. The minimum Gasteiger partial charge on any atom is -1.00 e. The molecule has 0 bridgehead atoms. The van der Waals surface area contributed by atoms with E-state index in [2.05, 4.69) is 4.99 Å². The molecule has 88 valence electrons. The molecule has 0 saturated carbocycles. The van der Waals surface area contributed by atoms with Crippen LogP contribution in [0.5, 0.6) is 0 Å². The summed E-state index contributed by atoms with van der Waals surface area (Å²) in [6.07, 6.45) is 0. The van der Waals surface area contributed by atoms with Crippen molar-refractivity contribution in [3.8, 4) is 0 Å². The number of rotatable bonds is 1. The predicted molar refractivity (Wildman–Crippen MR) is 63.2 cm³/mol. The number of hydrogen-bond acceptors (Lipinski definition) is 3. The normalized spacial score (nSPS) is 17.1. The van der Waals surface area contributed by atoms with E-state index in [-0.39, 0.29) is 63.1 Å². The van der Waals surface area contributed by atoms with Crippen LogP contribution in [0, 0.1) is 0 Å². The molecule has 1 aromatic carbocycles. The third-order valence-corrected chi connectivity index (χ3v) is 3.98. The Morgan fingerprint density at radius 3 is 2.47 bits per heavy atom. The third kappa shape index (κ3) is 2.73. The maximum atomic E-state index is 11.0. The van der Waals surface area contributed by atoms with Gasteiger partial charge >= 0.3 is 51.4 Å². The quantitative estimate of drug-likeness (QED) is 0.553. The second-order valence-electron chi connectivity index (χ2n) is 4.48. The van der Waals surface area contributed by atoms with Gasteiger partial charge in [0.1, 0.15) is 0 Å². The van der Waals surface area contributed by atoms with Crippen molar-refractivity contribution in [2.24, 2.45) is 4.99 Å². The van der Waals surface area contributed by atoms with Crippen LogP contribution in [-0.2, 0) is 15.5 Å². The maximum Gasteiger partial charge on any atom is 1.00 e. The molecule has 1 aliphatic heterocycles. The second-order valence-corrected chi connectivity index (χ2v) is 5.90. The standard InChI is InChI=1S/C11H13NO3S.K.H/c1-7-11(2,3)9-6-8(16(13,14)15)4-5-10(9)12-7;;/h4-6H,1-3H3,(H,13,14,15);;/q;+1;-1. The molecular weight excluding hydrogens is 265 g/mol. The summed E-state index contributed by atoms with van der Waals surface area (Å²) >= 11 is 0. The number of hydrogen-bond donors (Lipinski definition) is 1. The Bertz CT molecular complexity index is 596. The molecule has 1 aliphatic rings. The van der Waals surface area contributed by atoms with Crippen LogP contribution in [0.25, 0.3) is 0 Å². The molecule has 17 heavy (non-hydrogen) atoms. The SMILES string of the molecule is CC1=Nc2ccc(S(=O)(=O)O)cc2C1(C)C.[H-].[K+]. The monoisotopic (exact) mass is 279 g/mol. The van der Waals surface area contributed by atoms with Gasteiger partial charge in [0.25, 0.3) is 10.1 Å². The van der Waals surface area contributed by atoms with Crippen molar-refractivity contribution in [3.63, 3.8) is 0 Å². The van der Waals surface area contributed by atoms with Crippen LogP contribution in [0.15, 0.2) is 28.1 Å². The van der Waals surface area contributed by atoms with Crippen molar-refractivity contribution in [1.82, 2.24) is 0 Å². The van der Waals surface area contributed by atoms with Crippen molar-refractivity contribution in [2.75, 3.05) is 0 Å². The Labute approximate surface area is 145 Å². The number of benzene rings is 1. The van der Waals surface area contributed by atoms with Gasteiger partial charge in [-0.15, -0.1) is 0 Å². The third-order valence-electron chi connectivity index (χ3n) is 3.13. The van der Waals surface area contributed by atoms with E-state index in [1.165, 1.54) is 12.1 Å². The Kier molecular flexibility index (Phi) is 4.41. The minimum atomic E-state index is -4.14. The maximum absolute atomic E-state index is 11.0. The van der Waals surface area contributed by atoms with Gasteiger partial charge in [-0.05, 0) is 30.7 Å². The Hall–Kier alpha value is 0.436. The molecule has 6 heteroatoms. The molecule has 0 aromatic heterocycles. The van der Waals surface area contributed by atoms with E-state index in [0.717, 1.165) is 17.0 Å². The van der Waals surface area contributed by atoms with Crippen molar-refractivity contribution in [1.29, 1.82) is 0 Å². The molecular formula is C11H14KNO3S. The molecule has 0 radical (unpaired) electrons. The largest absolute Gasteiger partial charge is 1.00 e. The van der Waals surface area contributed by atoms with Crippen LogP contribution in [-0.4, -0.2) is 18.7 Å². The predicted octanol–water partition coefficient (Wildman–Crippen LogP) is -0.567. The molecule has 2 rings (SSSR count). The van der Waals surface area contributed by atoms with Gasteiger partial charge in [-0.1, -0.05) is 13.8 Å². The molecule has 0 spiro atoms. The molecule has 1 N–H and O–H groups in total. The van der Waals surface area contributed by atoms with E-state index in [9.17, 15) is 8.42 Å². The zero-order valence-electron chi connectivity index (χ0n) is 11.4. The molecule has 1 aromatic rings. The van der Waals surface area contributed by atoms with Crippen molar-refractivity contribution < 1.29 is 65.8 Å². The molecule has 0 amide bonds. The van der Waals surface area contributed by atoms with Gasteiger partial charge in [0.15, 0.2) is 0 Å². The smallest absolute Gasteiger partial charge is 1.00 e. The number of nitrogens with zero attached hydrogens (tertiary/aromatic N) is 1. The summed E-state index contributed by atoms with van der Waals surface area (Å²) < 4.78 is 31.1. The van der Waals surface area contributed by atoms with Crippen LogP contribution in [0.1, 0.15) is 27.8 Å². The van der Waals surface area contributed by atoms with E-state index >= 15 is 0 Å². The molecule has 0 saturated heterocycles. The number of fused-ring (bicyclic) bond motifs is 1. The molecule has 0 aliphatic carbocycles. The average molecular weight is 279 g/mol. The summed E-state index contributed by atoms with van der Waals surface area (Å²) in [5.74, 6) is 0. The summed E-state index contributed by atoms with van der Waals surface area (Å²) in [6.45, 7) is 5.87. The molecule has 0 unspecified atom stereocenters. The average Bonchev–Trinajstić information content (AvgIpc) is 2.37. The summed E-state index contributed by atoms with van der Waals surface area (Å²) in [4.78, 5) is 4.29. The van der Waals surface area contributed by atoms with E-state index in [1.54, 1.807) is 6.07 Å². The van der Waals surface area contributed by atoms with Crippen molar-refractivity contribution in [3.05, 3.63) is 23.8 Å². The van der Waals surface area contributed by atoms with Crippen molar-refractivity contribution >= 4 is 21.5 Å². The first-order chi connectivity index (χ1) is 7.23. The van der Waals surface area contributed by atoms with Gasteiger partial charge in [0.2, 0.25) is 0 Å². The van der Waals surface area contributed by atoms with Gasteiger partial charge < -0.3 is 1.43 Å². The fourth-order valence-corrected chi connectivity index (χ4v) is 2.30. The first-order valence-electron chi connectivity index (χ1n) is 4.91. The Morgan fingerprint density at radius 2 is 1.94 bits per heavy atom. The van der Waals surface area contributed by atoms with Gasteiger partial charge in [-0.3, -0.25) is 9.55 Å². The number of aliphatic imine (C=N–C) groups is 1. The zero-order chi connectivity index (χ0) is 12.1. The van der Waals surface area contributed by atoms with E-state index < -0.39 is 10.1 Å². The summed E-state index contributed by atoms with van der Waals surface area (Å²) in [5, 5.41) is 0. The van der Waals surface area contributed by atoms with Crippen LogP contribution in [0.2, 0.25) is 0 Å². The van der Waals surface area contributed by atoms with Crippen LogP contribution >= 0.6 is 0 Å². The van der Waals surface area contributed by atoms with Gasteiger partial charge in [-0.2, -0.15) is 8.42 Å². The fourth-order valence-electron chi connectivity index (χ4n) is 1.79. The van der Waals surface area contributed by atoms with Crippen LogP contribution in [0.4, 0.5) is 5.69 Å². The van der Waals surface area contributed by atoms with Crippen molar-refractivity contribution in [2.45, 2.75) is 31.1 Å².